The minimum absolute atomic E-state index is 0.102. The summed E-state index contributed by atoms with van der Waals surface area (Å²) in [6, 6.07) is 5.21. The molecule has 0 aliphatic carbocycles. The van der Waals surface area contributed by atoms with Crippen molar-refractivity contribution < 1.29 is 17.3 Å². The van der Waals surface area contributed by atoms with E-state index in [2.05, 4.69) is 20.1 Å². The first kappa shape index (κ1) is 15.8. The summed E-state index contributed by atoms with van der Waals surface area (Å²) in [6.07, 6.45) is 1.33. The highest BCUT2D eigenvalue weighted by Crippen LogP contribution is 2.29. The Hall–Kier alpha value is -0.300. The highest BCUT2D eigenvalue weighted by Gasteiger charge is 2.09. The van der Waals surface area contributed by atoms with Crippen LogP contribution < -0.4 is 4.74 Å². The van der Waals surface area contributed by atoms with Gasteiger partial charge in [0, 0.05) is 11.4 Å². The molecule has 0 N–H and O–H groups in total. The maximum atomic E-state index is 10.8. The lowest BCUT2D eigenvalue weighted by atomic mass is 10.3. The zero-order chi connectivity index (χ0) is 13.8. The van der Waals surface area contributed by atoms with Gasteiger partial charge in [0.25, 0.3) is 10.1 Å². The van der Waals surface area contributed by atoms with Crippen LogP contribution >= 0.6 is 27.5 Å². The fourth-order valence-electron chi connectivity index (χ4n) is 1.21. The molecule has 1 aromatic rings. The molecule has 0 spiro atoms. The zero-order valence-electron chi connectivity index (χ0n) is 10.0. The molecule has 1 aromatic carbocycles. The third kappa shape index (κ3) is 6.04. The summed E-state index contributed by atoms with van der Waals surface area (Å²) >= 11 is 9.15. The van der Waals surface area contributed by atoms with Gasteiger partial charge in [-0.15, -0.1) is 0 Å². The summed E-state index contributed by atoms with van der Waals surface area (Å²) in [4.78, 5) is 0. The van der Waals surface area contributed by atoms with Crippen molar-refractivity contribution in [1.29, 1.82) is 0 Å². The molecule has 0 heterocycles. The Morgan fingerprint density at radius 2 is 2.11 bits per heavy atom. The van der Waals surface area contributed by atoms with Crippen LogP contribution in [0.3, 0.4) is 0 Å². The molecule has 7 heteroatoms. The maximum absolute atomic E-state index is 10.8. The standard InChI is InChI=1S/C11H14BrClO4S/c1-8(5-6-16-18(2,14)15)17-11-4-3-9(13)7-10(11)12/h3-4,7-8H,5-6H2,1-2H3. The Kier molecular flexibility index (Phi) is 5.91. The fraction of sp³-hybridized carbons (Fsp3) is 0.455. The van der Waals surface area contributed by atoms with Crippen LogP contribution in [0.1, 0.15) is 13.3 Å². The second-order valence-electron chi connectivity index (χ2n) is 3.82. The Morgan fingerprint density at radius 1 is 1.44 bits per heavy atom. The predicted octanol–water partition coefficient (Wildman–Crippen LogP) is 3.24. The van der Waals surface area contributed by atoms with E-state index in [-0.39, 0.29) is 12.7 Å². The third-order valence-corrected chi connectivity index (χ3v) is 3.49. The van der Waals surface area contributed by atoms with Crippen LogP contribution in [0, 0.1) is 0 Å². The molecule has 0 aliphatic heterocycles. The van der Waals surface area contributed by atoms with Gasteiger partial charge in [-0.05, 0) is 41.1 Å². The van der Waals surface area contributed by atoms with Crippen molar-refractivity contribution in [2.45, 2.75) is 19.4 Å². The molecule has 0 amide bonds. The van der Waals surface area contributed by atoms with Crippen molar-refractivity contribution in [3.63, 3.8) is 0 Å². The lowest BCUT2D eigenvalue weighted by molar-refractivity contribution is 0.179. The lowest BCUT2D eigenvalue weighted by Crippen LogP contribution is -2.16. The number of ether oxygens (including phenoxy) is 1. The second-order valence-corrected chi connectivity index (χ2v) is 6.75. The number of halogens is 2. The summed E-state index contributed by atoms with van der Waals surface area (Å²) in [5.41, 5.74) is 0. The van der Waals surface area contributed by atoms with Crippen molar-refractivity contribution in [3.8, 4) is 5.75 Å². The number of hydrogen-bond acceptors (Lipinski definition) is 4. The average Bonchev–Trinajstić information content (AvgIpc) is 2.20. The normalized spacial score (nSPS) is 13.3. The third-order valence-electron chi connectivity index (χ3n) is 2.04. The van der Waals surface area contributed by atoms with Crippen molar-refractivity contribution in [3.05, 3.63) is 27.7 Å². The monoisotopic (exact) mass is 356 g/mol. The summed E-state index contributed by atoms with van der Waals surface area (Å²) in [5, 5.41) is 0.613. The zero-order valence-corrected chi connectivity index (χ0v) is 13.2. The molecule has 0 saturated heterocycles. The second kappa shape index (κ2) is 6.75. The largest absolute Gasteiger partial charge is 0.489 e. The van der Waals surface area contributed by atoms with Gasteiger partial charge in [0.1, 0.15) is 5.75 Å². The van der Waals surface area contributed by atoms with Crippen LogP contribution in [0.15, 0.2) is 22.7 Å². The lowest BCUT2D eigenvalue weighted by Gasteiger charge is -2.15. The van der Waals surface area contributed by atoms with E-state index in [1.807, 2.05) is 6.92 Å². The molecule has 0 aromatic heterocycles. The van der Waals surface area contributed by atoms with E-state index < -0.39 is 10.1 Å². The summed E-state index contributed by atoms with van der Waals surface area (Å²) < 4.78 is 32.6. The minimum Gasteiger partial charge on any atom is -0.489 e. The molecule has 1 rings (SSSR count). The molecule has 0 aliphatic rings. The molecule has 0 bridgehead atoms. The van der Waals surface area contributed by atoms with E-state index in [9.17, 15) is 8.42 Å². The topological polar surface area (TPSA) is 52.6 Å². The van der Waals surface area contributed by atoms with E-state index in [1.54, 1.807) is 18.2 Å². The Bertz CT molecular complexity index is 504. The SMILES string of the molecule is CC(CCOS(C)(=O)=O)Oc1ccc(Cl)cc1Br. The Balaban J connectivity index is 2.47. The summed E-state index contributed by atoms with van der Waals surface area (Å²) in [6.45, 7) is 1.94. The molecule has 102 valence electrons. The van der Waals surface area contributed by atoms with Crippen molar-refractivity contribution in [2.75, 3.05) is 12.9 Å². The first-order valence-electron chi connectivity index (χ1n) is 5.24. The molecule has 1 unspecified atom stereocenters. The predicted molar refractivity (Wildman–Crippen MR) is 74.7 cm³/mol. The van der Waals surface area contributed by atoms with E-state index in [0.717, 1.165) is 10.7 Å². The van der Waals surface area contributed by atoms with E-state index in [1.165, 1.54) is 0 Å². The van der Waals surface area contributed by atoms with E-state index in [4.69, 9.17) is 16.3 Å². The molecular weight excluding hydrogens is 344 g/mol. The van der Waals surface area contributed by atoms with Crippen molar-refractivity contribution in [2.24, 2.45) is 0 Å². The minimum atomic E-state index is -3.39. The smallest absolute Gasteiger partial charge is 0.264 e. The molecule has 1 atom stereocenters. The van der Waals surface area contributed by atoms with Crippen LogP contribution in [0.5, 0.6) is 5.75 Å². The van der Waals surface area contributed by atoms with Gasteiger partial charge in [0.05, 0.1) is 23.4 Å². The highest BCUT2D eigenvalue weighted by molar-refractivity contribution is 9.10. The average molecular weight is 358 g/mol. The van der Waals surface area contributed by atoms with E-state index >= 15 is 0 Å². The van der Waals surface area contributed by atoms with Crippen molar-refractivity contribution in [1.82, 2.24) is 0 Å². The highest BCUT2D eigenvalue weighted by atomic mass is 79.9. The van der Waals surface area contributed by atoms with Gasteiger partial charge in [-0.3, -0.25) is 4.18 Å². The van der Waals surface area contributed by atoms with Gasteiger partial charge in [0.15, 0.2) is 0 Å². The number of benzene rings is 1. The maximum Gasteiger partial charge on any atom is 0.264 e. The first-order chi connectivity index (χ1) is 8.28. The Labute approximate surface area is 120 Å². The Morgan fingerprint density at radius 3 is 2.67 bits per heavy atom. The van der Waals surface area contributed by atoms with Gasteiger partial charge < -0.3 is 4.74 Å². The van der Waals surface area contributed by atoms with Gasteiger partial charge in [-0.1, -0.05) is 11.6 Å². The van der Waals surface area contributed by atoms with Gasteiger partial charge in [-0.2, -0.15) is 8.42 Å². The summed E-state index contributed by atoms with van der Waals surface area (Å²) in [7, 11) is -3.39. The van der Waals surface area contributed by atoms with Crippen LogP contribution in [-0.2, 0) is 14.3 Å². The van der Waals surface area contributed by atoms with Crippen LogP contribution in [0.25, 0.3) is 0 Å². The van der Waals surface area contributed by atoms with Crippen LogP contribution in [-0.4, -0.2) is 27.4 Å². The van der Waals surface area contributed by atoms with Crippen molar-refractivity contribution >= 4 is 37.6 Å². The fourth-order valence-corrected chi connectivity index (χ4v) is 2.39. The van der Waals surface area contributed by atoms with Gasteiger partial charge >= 0.3 is 0 Å². The quantitative estimate of drug-likeness (QED) is 0.733. The van der Waals surface area contributed by atoms with Crippen LogP contribution in [0.2, 0.25) is 5.02 Å². The molecule has 0 saturated carbocycles. The first-order valence-corrected chi connectivity index (χ1v) is 8.23. The molecule has 0 radical (unpaired) electrons. The van der Waals surface area contributed by atoms with Gasteiger partial charge in [-0.25, -0.2) is 0 Å². The molecule has 0 fully saturated rings. The van der Waals surface area contributed by atoms with E-state index in [0.29, 0.717) is 17.2 Å². The molecular formula is C11H14BrClO4S. The summed E-state index contributed by atoms with van der Waals surface area (Å²) in [5.74, 6) is 0.659. The molecule has 4 nitrogen and oxygen atoms in total. The van der Waals surface area contributed by atoms with Crippen LogP contribution in [0.4, 0.5) is 0 Å². The van der Waals surface area contributed by atoms with Gasteiger partial charge in [0.2, 0.25) is 0 Å². The number of rotatable bonds is 6. The molecule has 18 heavy (non-hydrogen) atoms. The number of hydrogen-bond donors (Lipinski definition) is 0.